The first-order valence-corrected chi connectivity index (χ1v) is 9.11. The van der Waals surface area contributed by atoms with Crippen molar-refractivity contribution in [2.45, 2.75) is 0 Å². The van der Waals surface area contributed by atoms with Crippen LogP contribution >= 0.6 is 0 Å². The standard InChI is InChI=1S/C20H18N6O2/c27-18-11-13(1-4-21-18)15-12-17(26-7-9-28-10-8-26)24-19-14(15)2-5-22-20(19)16-3-6-23-25-16/h1-6,11-12H,7-10H2,(H,21,27)(H,23,25). The highest BCUT2D eigenvalue weighted by atomic mass is 16.5. The average molecular weight is 374 g/mol. The van der Waals surface area contributed by atoms with Crippen LogP contribution in [0, 0.1) is 0 Å². The van der Waals surface area contributed by atoms with E-state index < -0.39 is 0 Å². The second-order valence-corrected chi connectivity index (χ2v) is 6.60. The Morgan fingerprint density at radius 3 is 2.75 bits per heavy atom. The number of nitrogens with one attached hydrogen (secondary N) is 2. The molecule has 0 amide bonds. The molecule has 1 saturated heterocycles. The van der Waals surface area contributed by atoms with Gasteiger partial charge in [-0.05, 0) is 35.4 Å². The lowest BCUT2D eigenvalue weighted by molar-refractivity contribution is 0.122. The summed E-state index contributed by atoms with van der Waals surface area (Å²) in [5, 5.41) is 7.95. The summed E-state index contributed by atoms with van der Waals surface area (Å²) in [6, 6.07) is 9.35. The lowest BCUT2D eigenvalue weighted by Crippen LogP contribution is -2.36. The summed E-state index contributed by atoms with van der Waals surface area (Å²) in [5.74, 6) is 0.847. The van der Waals surface area contributed by atoms with Gasteiger partial charge in [0.1, 0.15) is 17.0 Å². The molecule has 8 heteroatoms. The molecule has 4 aromatic heterocycles. The van der Waals surface area contributed by atoms with Crippen LogP contribution in [0.25, 0.3) is 33.4 Å². The van der Waals surface area contributed by atoms with Crippen LogP contribution in [0.15, 0.2) is 53.7 Å². The van der Waals surface area contributed by atoms with Crippen molar-refractivity contribution in [2.75, 3.05) is 31.2 Å². The molecule has 0 saturated carbocycles. The molecule has 0 atom stereocenters. The van der Waals surface area contributed by atoms with Crippen molar-refractivity contribution in [3.8, 4) is 22.5 Å². The number of fused-ring (bicyclic) bond motifs is 1. The third kappa shape index (κ3) is 2.93. The number of H-pyrrole nitrogens is 2. The van der Waals surface area contributed by atoms with E-state index in [1.54, 1.807) is 24.7 Å². The van der Waals surface area contributed by atoms with Gasteiger partial charge in [0.05, 0.1) is 18.9 Å². The third-order valence-electron chi connectivity index (χ3n) is 4.89. The van der Waals surface area contributed by atoms with Crippen molar-refractivity contribution >= 4 is 16.7 Å². The molecule has 0 bridgehead atoms. The predicted molar refractivity (Wildman–Crippen MR) is 106 cm³/mol. The Bertz CT molecular complexity index is 1180. The van der Waals surface area contributed by atoms with E-state index in [-0.39, 0.29) is 5.56 Å². The largest absolute Gasteiger partial charge is 0.378 e. The van der Waals surface area contributed by atoms with E-state index in [4.69, 9.17) is 9.72 Å². The van der Waals surface area contributed by atoms with Crippen LogP contribution in [0.2, 0.25) is 0 Å². The van der Waals surface area contributed by atoms with Gasteiger partial charge in [0.25, 0.3) is 0 Å². The molecule has 0 spiro atoms. The van der Waals surface area contributed by atoms with E-state index in [0.717, 1.165) is 52.3 Å². The molecule has 28 heavy (non-hydrogen) atoms. The highest BCUT2D eigenvalue weighted by Crippen LogP contribution is 2.34. The van der Waals surface area contributed by atoms with Crippen molar-refractivity contribution in [3.05, 3.63) is 59.3 Å². The fourth-order valence-corrected chi connectivity index (χ4v) is 3.53. The zero-order chi connectivity index (χ0) is 18.9. The van der Waals surface area contributed by atoms with Gasteiger partial charge in [-0.25, -0.2) is 4.98 Å². The predicted octanol–water partition coefficient (Wildman–Crippen LogP) is 2.21. The summed E-state index contributed by atoms with van der Waals surface area (Å²) in [6.45, 7) is 2.88. The number of hydrogen-bond acceptors (Lipinski definition) is 6. The van der Waals surface area contributed by atoms with Crippen molar-refractivity contribution in [3.63, 3.8) is 0 Å². The number of hydrogen-bond donors (Lipinski definition) is 2. The minimum Gasteiger partial charge on any atom is -0.378 e. The molecule has 2 N–H and O–H groups in total. The van der Waals surface area contributed by atoms with Crippen LogP contribution < -0.4 is 10.5 Å². The van der Waals surface area contributed by atoms with Gasteiger partial charge in [-0.2, -0.15) is 5.10 Å². The Labute approximate surface area is 160 Å². The Morgan fingerprint density at radius 1 is 1.07 bits per heavy atom. The van der Waals surface area contributed by atoms with E-state index in [1.165, 1.54) is 0 Å². The van der Waals surface area contributed by atoms with Gasteiger partial charge in [0.15, 0.2) is 0 Å². The maximum Gasteiger partial charge on any atom is 0.248 e. The quantitative estimate of drug-likeness (QED) is 0.570. The van der Waals surface area contributed by atoms with Gasteiger partial charge < -0.3 is 14.6 Å². The lowest BCUT2D eigenvalue weighted by atomic mass is 10.0. The monoisotopic (exact) mass is 374 g/mol. The van der Waals surface area contributed by atoms with Crippen molar-refractivity contribution in [2.24, 2.45) is 0 Å². The van der Waals surface area contributed by atoms with Gasteiger partial charge in [0.2, 0.25) is 5.56 Å². The van der Waals surface area contributed by atoms with Crippen LogP contribution in [-0.4, -0.2) is 51.5 Å². The van der Waals surface area contributed by atoms with E-state index >= 15 is 0 Å². The number of aromatic nitrogens is 5. The number of ether oxygens (including phenoxy) is 1. The van der Waals surface area contributed by atoms with Crippen molar-refractivity contribution in [1.29, 1.82) is 0 Å². The molecule has 0 radical (unpaired) electrons. The van der Waals surface area contributed by atoms with E-state index in [0.29, 0.717) is 13.2 Å². The van der Waals surface area contributed by atoms with Gasteiger partial charge in [-0.3, -0.25) is 14.9 Å². The molecule has 8 nitrogen and oxygen atoms in total. The second kappa shape index (κ2) is 6.90. The first kappa shape index (κ1) is 16.6. The number of aromatic amines is 2. The molecule has 1 aliphatic rings. The summed E-state index contributed by atoms with van der Waals surface area (Å²) in [4.78, 5) is 26.3. The summed E-state index contributed by atoms with van der Waals surface area (Å²) in [7, 11) is 0. The van der Waals surface area contributed by atoms with Gasteiger partial charge in [-0.1, -0.05) is 0 Å². The fraction of sp³-hybridized carbons (Fsp3) is 0.200. The summed E-state index contributed by atoms with van der Waals surface area (Å²) >= 11 is 0. The number of pyridine rings is 3. The molecule has 1 aliphatic heterocycles. The van der Waals surface area contributed by atoms with Crippen molar-refractivity contribution < 1.29 is 4.74 Å². The molecular formula is C20H18N6O2. The Morgan fingerprint density at radius 2 is 1.96 bits per heavy atom. The zero-order valence-electron chi connectivity index (χ0n) is 15.1. The molecule has 0 unspecified atom stereocenters. The Balaban J connectivity index is 1.79. The van der Waals surface area contributed by atoms with Crippen LogP contribution in [0.5, 0.6) is 0 Å². The Kier molecular flexibility index (Phi) is 4.10. The molecule has 0 aromatic carbocycles. The minimum absolute atomic E-state index is 0.141. The van der Waals surface area contributed by atoms with Crippen LogP contribution in [0.4, 0.5) is 5.82 Å². The van der Waals surface area contributed by atoms with Gasteiger partial charge in [0, 0.05) is 43.1 Å². The number of morpholine rings is 1. The molecule has 5 heterocycles. The van der Waals surface area contributed by atoms with Crippen LogP contribution in [0.3, 0.4) is 0 Å². The summed E-state index contributed by atoms with van der Waals surface area (Å²) < 4.78 is 5.48. The number of rotatable bonds is 3. The summed E-state index contributed by atoms with van der Waals surface area (Å²) in [5.41, 5.74) is 3.95. The zero-order valence-corrected chi connectivity index (χ0v) is 15.1. The van der Waals surface area contributed by atoms with E-state index in [9.17, 15) is 4.79 Å². The van der Waals surface area contributed by atoms with E-state index in [2.05, 4.69) is 25.1 Å². The van der Waals surface area contributed by atoms with Gasteiger partial charge in [-0.15, -0.1) is 0 Å². The molecule has 1 fully saturated rings. The molecule has 140 valence electrons. The normalized spacial score (nSPS) is 14.5. The van der Waals surface area contributed by atoms with Crippen LogP contribution in [-0.2, 0) is 4.74 Å². The number of nitrogens with zero attached hydrogens (tertiary/aromatic N) is 4. The van der Waals surface area contributed by atoms with Crippen molar-refractivity contribution in [1.82, 2.24) is 25.1 Å². The molecular weight excluding hydrogens is 356 g/mol. The highest BCUT2D eigenvalue weighted by molar-refractivity contribution is 6.01. The van der Waals surface area contributed by atoms with Gasteiger partial charge >= 0.3 is 0 Å². The SMILES string of the molecule is O=c1cc(-c2cc(N3CCOCC3)nc3c(-c4ccn[nH]4)nccc23)cc[nH]1. The Hall–Kier alpha value is -3.52. The first-order chi connectivity index (χ1) is 13.8. The maximum absolute atomic E-state index is 11.9. The third-order valence-corrected chi connectivity index (χ3v) is 4.89. The first-order valence-electron chi connectivity index (χ1n) is 9.11. The smallest absolute Gasteiger partial charge is 0.248 e. The lowest BCUT2D eigenvalue weighted by Gasteiger charge is -2.28. The topological polar surface area (TPSA) is 99.8 Å². The number of anilines is 1. The molecule has 0 aliphatic carbocycles. The average Bonchev–Trinajstić information content (AvgIpc) is 3.28. The molecule has 5 rings (SSSR count). The summed E-state index contributed by atoms with van der Waals surface area (Å²) in [6.07, 6.45) is 5.11. The molecule has 4 aromatic rings. The van der Waals surface area contributed by atoms with E-state index in [1.807, 2.05) is 24.3 Å². The minimum atomic E-state index is -0.141. The fourth-order valence-electron chi connectivity index (χ4n) is 3.53. The maximum atomic E-state index is 11.9. The highest BCUT2D eigenvalue weighted by Gasteiger charge is 2.18. The van der Waals surface area contributed by atoms with Crippen LogP contribution in [0.1, 0.15) is 0 Å². The second-order valence-electron chi connectivity index (χ2n) is 6.60.